The smallest absolute Gasteiger partial charge is 0.416 e. The molecule has 2 N–H and O–H groups in total. The molecule has 0 fully saturated rings. The highest BCUT2D eigenvalue weighted by Crippen LogP contribution is 2.43. The minimum atomic E-state index is -4.55. The van der Waals surface area contributed by atoms with Crippen LogP contribution in [0.1, 0.15) is 38.6 Å². The Morgan fingerprint density at radius 3 is 2.47 bits per heavy atom. The van der Waals surface area contributed by atoms with E-state index in [0.717, 1.165) is 22.1 Å². The first-order chi connectivity index (χ1) is 18.1. The molecule has 3 aromatic carbocycles. The average Bonchev–Trinajstić information content (AvgIpc) is 3.40. The summed E-state index contributed by atoms with van der Waals surface area (Å²) >= 11 is 1.41. The van der Waals surface area contributed by atoms with Crippen molar-refractivity contribution < 1.29 is 32.2 Å². The predicted octanol–water partition coefficient (Wildman–Crippen LogP) is 7.01. The predicted molar refractivity (Wildman–Crippen MR) is 136 cm³/mol. The molecule has 0 amide bonds. The Morgan fingerprint density at radius 2 is 1.82 bits per heavy atom. The number of carboxylic acids is 1. The van der Waals surface area contributed by atoms with E-state index in [4.69, 9.17) is 9.84 Å². The second kappa shape index (κ2) is 11.7. The van der Waals surface area contributed by atoms with E-state index < -0.39 is 35.4 Å². The zero-order valence-corrected chi connectivity index (χ0v) is 21.1. The number of hydrogen-bond acceptors (Lipinski definition) is 4. The summed E-state index contributed by atoms with van der Waals surface area (Å²) in [5, 5.41) is 15.2. The lowest BCUT2D eigenvalue weighted by atomic mass is 9.95. The van der Waals surface area contributed by atoms with Crippen molar-refractivity contribution in [3.05, 3.63) is 112 Å². The van der Waals surface area contributed by atoms with Crippen molar-refractivity contribution in [1.82, 2.24) is 10.2 Å². The molecule has 1 atom stereocenters. The van der Waals surface area contributed by atoms with Gasteiger partial charge >= 0.3 is 12.1 Å². The number of nitrogens with one attached hydrogen (secondary N) is 1. The maximum Gasteiger partial charge on any atom is 0.416 e. The molecule has 5 nitrogen and oxygen atoms in total. The molecule has 0 saturated heterocycles. The van der Waals surface area contributed by atoms with Gasteiger partial charge in [-0.15, -0.1) is 11.8 Å². The summed E-state index contributed by atoms with van der Waals surface area (Å²) in [7, 11) is 0. The number of aliphatic carboxylic acids is 1. The molecule has 198 valence electrons. The summed E-state index contributed by atoms with van der Waals surface area (Å²) in [5.41, 5.74) is 1.81. The SMILES string of the molecule is Cc1cc(SC(c2cn[nH]c2)c2ccc(C(F)(F)F)c(CCc3ccccc3F)c2)ccc1OCC(=O)O. The van der Waals surface area contributed by atoms with Gasteiger partial charge in [0.25, 0.3) is 0 Å². The number of carbonyl (C=O) groups is 1. The van der Waals surface area contributed by atoms with Gasteiger partial charge < -0.3 is 9.84 Å². The minimum absolute atomic E-state index is 0.0150. The fraction of sp³-hybridized carbons (Fsp3) is 0.214. The molecule has 0 aliphatic rings. The van der Waals surface area contributed by atoms with Crippen molar-refractivity contribution in [2.45, 2.75) is 36.1 Å². The number of benzene rings is 3. The van der Waals surface area contributed by atoms with E-state index in [1.165, 1.54) is 30.0 Å². The van der Waals surface area contributed by atoms with E-state index in [1.807, 2.05) is 6.07 Å². The number of nitrogens with zero attached hydrogens (tertiary/aromatic N) is 1. The molecule has 0 aliphatic heterocycles. The quantitative estimate of drug-likeness (QED) is 0.166. The Kier molecular flexibility index (Phi) is 8.41. The molecule has 4 rings (SSSR count). The average molecular weight is 545 g/mol. The molecule has 0 bridgehead atoms. The van der Waals surface area contributed by atoms with Crippen molar-refractivity contribution in [1.29, 1.82) is 0 Å². The lowest BCUT2D eigenvalue weighted by Gasteiger charge is -2.20. The van der Waals surface area contributed by atoms with Crippen molar-refractivity contribution >= 4 is 17.7 Å². The molecule has 0 saturated carbocycles. The summed E-state index contributed by atoms with van der Waals surface area (Å²) in [6.45, 7) is 1.32. The van der Waals surface area contributed by atoms with Crippen LogP contribution >= 0.6 is 11.8 Å². The second-order valence-corrected chi connectivity index (χ2v) is 9.82. The Bertz CT molecular complexity index is 1410. The van der Waals surface area contributed by atoms with Crippen LogP contribution in [-0.4, -0.2) is 27.9 Å². The fourth-order valence-corrected chi connectivity index (χ4v) is 5.31. The van der Waals surface area contributed by atoms with Gasteiger partial charge in [-0.2, -0.15) is 18.3 Å². The largest absolute Gasteiger partial charge is 0.482 e. The summed E-state index contributed by atoms with van der Waals surface area (Å²) < 4.78 is 61.0. The molecule has 1 aromatic heterocycles. The molecule has 0 radical (unpaired) electrons. The Balaban J connectivity index is 1.66. The summed E-state index contributed by atoms with van der Waals surface area (Å²) in [5.74, 6) is -1.10. The van der Waals surface area contributed by atoms with Crippen LogP contribution in [0.5, 0.6) is 5.75 Å². The number of halogens is 4. The number of aryl methyl sites for hydroxylation is 3. The molecule has 0 spiro atoms. The highest BCUT2D eigenvalue weighted by Gasteiger charge is 2.34. The van der Waals surface area contributed by atoms with Crippen LogP contribution in [-0.2, 0) is 23.8 Å². The number of rotatable bonds is 10. The van der Waals surface area contributed by atoms with Crippen LogP contribution in [0, 0.1) is 12.7 Å². The fourth-order valence-electron chi connectivity index (χ4n) is 4.10. The van der Waals surface area contributed by atoms with Gasteiger partial charge in [-0.3, -0.25) is 5.10 Å². The third-order valence-electron chi connectivity index (χ3n) is 5.93. The van der Waals surface area contributed by atoms with E-state index in [2.05, 4.69) is 10.2 Å². The molecule has 0 aliphatic carbocycles. The van der Waals surface area contributed by atoms with Gasteiger partial charge in [0.2, 0.25) is 0 Å². The number of thioether (sulfide) groups is 1. The number of hydrogen-bond donors (Lipinski definition) is 2. The lowest BCUT2D eigenvalue weighted by molar-refractivity contribution is -0.139. The van der Waals surface area contributed by atoms with Crippen LogP contribution in [0.3, 0.4) is 0 Å². The molecular formula is C28H24F4N2O3S. The zero-order chi connectivity index (χ0) is 27.3. The summed E-state index contributed by atoms with van der Waals surface area (Å²) in [6, 6.07) is 15.4. The normalized spacial score (nSPS) is 12.3. The number of aromatic nitrogens is 2. The first-order valence-corrected chi connectivity index (χ1v) is 12.5. The van der Waals surface area contributed by atoms with Gasteiger partial charge in [-0.1, -0.05) is 30.3 Å². The van der Waals surface area contributed by atoms with E-state index in [9.17, 15) is 22.4 Å². The Labute approximate surface area is 220 Å². The molecule has 1 heterocycles. The monoisotopic (exact) mass is 544 g/mol. The number of carboxylic acid groups (broad SMARTS) is 1. The number of alkyl halides is 3. The van der Waals surface area contributed by atoms with E-state index in [-0.39, 0.29) is 18.4 Å². The molecule has 38 heavy (non-hydrogen) atoms. The molecular weight excluding hydrogens is 520 g/mol. The highest BCUT2D eigenvalue weighted by molar-refractivity contribution is 7.99. The van der Waals surface area contributed by atoms with E-state index in [0.29, 0.717) is 16.9 Å². The van der Waals surface area contributed by atoms with Crippen molar-refractivity contribution in [3.63, 3.8) is 0 Å². The van der Waals surface area contributed by atoms with Crippen molar-refractivity contribution in [2.75, 3.05) is 6.61 Å². The van der Waals surface area contributed by atoms with Gasteiger partial charge in [-0.25, -0.2) is 9.18 Å². The van der Waals surface area contributed by atoms with E-state index in [1.54, 1.807) is 49.6 Å². The standard InChI is InChI=1S/C28H24F4N2O3S/c1-17-12-22(9-11-25(17)37-16-26(35)36)38-27(21-14-33-34-15-21)20-8-10-23(28(30,31)32)19(13-20)7-6-18-4-2-3-5-24(18)29/h2-5,8-15,27H,6-7,16H2,1H3,(H,33,34)(H,35,36). The number of aromatic amines is 1. The van der Waals surface area contributed by atoms with Crippen molar-refractivity contribution in [2.24, 2.45) is 0 Å². The topological polar surface area (TPSA) is 75.2 Å². The first kappa shape index (κ1) is 27.3. The summed E-state index contributed by atoms with van der Waals surface area (Å²) in [4.78, 5) is 11.6. The van der Waals surface area contributed by atoms with Crippen LogP contribution in [0.2, 0.25) is 0 Å². The van der Waals surface area contributed by atoms with Crippen LogP contribution < -0.4 is 4.74 Å². The van der Waals surface area contributed by atoms with Gasteiger partial charge in [0.05, 0.1) is 17.0 Å². The van der Waals surface area contributed by atoms with Crippen molar-refractivity contribution in [3.8, 4) is 5.75 Å². The highest BCUT2D eigenvalue weighted by atomic mass is 32.2. The summed E-state index contributed by atoms with van der Waals surface area (Å²) in [6.07, 6.45) is -1.11. The Hall–Kier alpha value is -3.79. The maximum atomic E-state index is 14.1. The second-order valence-electron chi connectivity index (χ2n) is 8.64. The first-order valence-electron chi connectivity index (χ1n) is 11.7. The van der Waals surface area contributed by atoms with Gasteiger partial charge in [0, 0.05) is 16.7 Å². The van der Waals surface area contributed by atoms with Gasteiger partial charge in [0.15, 0.2) is 6.61 Å². The maximum absolute atomic E-state index is 14.1. The Morgan fingerprint density at radius 1 is 1.05 bits per heavy atom. The van der Waals surface area contributed by atoms with Gasteiger partial charge in [-0.05, 0) is 72.4 Å². The number of H-pyrrole nitrogens is 1. The van der Waals surface area contributed by atoms with Crippen LogP contribution in [0.15, 0.2) is 78.0 Å². The van der Waals surface area contributed by atoms with Crippen LogP contribution in [0.25, 0.3) is 0 Å². The van der Waals surface area contributed by atoms with Crippen LogP contribution in [0.4, 0.5) is 17.6 Å². The minimum Gasteiger partial charge on any atom is -0.482 e. The molecule has 1 unspecified atom stereocenters. The van der Waals surface area contributed by atoms with E-state index >= 15 is 0 Å². The number of ether oxygens (including phenoxy) is 1. The third-order valence-corrected chi connectivity index (χ3v) is 7.24. The third kappa shape index (κ3) is 6.74. The lowest BCUT2D eigenvalue weighted by Crippen LogP contribution is -2.11. The van der Waals surface area contributed by atoms with Gasteiger partial charge in [0.1, 0.15) is 11.6 Å². The molecule has 4 aromatic rings. The zero-order valence-electron chi connectivity index (χ0n) is 20.3. The molecule has 10 heteroatoms.